The molecule has 0 unspecified atom stereocenters. The molecule has 4 heteroatoms. The van der Waals surface area contributed by atoms with Gasteiger partial charge in [0.2, 0.25) is 0 Å². The molecule has 2 rings (SSSR count). The van der Waals surface area contributed by atoms with Crippen molar-refractivity contribution in [3.05, 3.63) is 29.3 Å². The van der Waals surface area contributed by atoms with Crippen LogP contribution in [0.2, 0.25) is 0 Å². The summed E-state index contributed by atoms with van der Waals surface area (Å²) in [4.78, 5) is 0. The standard InChI is InChI=1S/C14H21NO2.ClH/c1-10(2)11-4-5-14(16-3)12(8-11)13-9-17-7-6-15-13;/h4-5,8,10,13,15H,6-7,9H2,1-3H3;1H/t13-;/m0./s1. The molecule has 3 nitrogen and oxygen atoms in total. The summed E-state index contributed by atoms with van der Waals surface area (Å²) in [5.41, 5.74) is 2.55. The van der Waals surface area contributed by atoms with Gasteiger partial charge in [-0.05, 0) is 17.5 Å². The number of nitrogens with one attached hydrogen (secondary N) is 1. The molecule has 1 aliphatic rings. The van der Waals surface area contributed by atoms with E-state index in [4.69, 9.17) is 9.47 Å². The fourth-order valence-electron chi connectivity index (χ4n) is 2.15. The molecule has 1 aromatic rings. The summed E-state index contributed by atoms with van der Waals surface area (Å²) in [6.45, 7) is 6.83. The van der Waals surface area contributed by atoms with E-state index in [1.165, 1.54) is 11.1 Å². The first kappa shape index (κ1) is 15.3. The highest BCUT2D eigenvalue weighted by Gasteiger charge is 2.19. The van der Waals surface area contributed by atoms with Gasteiger partial charge in [-0.15, -0.1) is 12.4 Å². The average molecular weight is 272 g/mol. The lowest BCUT2D eigenvalue weighted by atomic mass is 9.96. The van der Waals surface area contributed by atoms with Gasteiger partial charge in [0.05, 0.1) is 26.4 Å². The summed E-state index contributed by atoms with van der Waals surface area (Å²) in [7, 11) is 1.72. The lowest BCUT2D eigenvalue weighted by Crippen LogP contribution is -2.34. The predicted octanol–water partition coefficient (Wildman–Crippen LogP) is 2.90. The molecular formula is C14H22ClNO2. The molecule has 0 aliphatic carbocycles. The fraction of sp³-hybridized carbons (Fsp3) is 0.571. The zero-order valence-corrected chi connectivity index (χ0v) is 12.0. The van der Waals surface area contributed by atoms with Gasteiger partial charge in [-0.1, -0.05) is 26.0 Å². The highest BCUT2D eigenvalue weighted by Crippen LogP contribution is 2.30. The van der Waals surface area contributed by atoms with Crippen LogP contribution in [-0.2, 0) is 4.74 Å². The van der Waals surface area contributed by atoms with E-state index in [1.54, 1.807) is 7.11 Å². The Hall–Kier alpha value is -0.770. The summed E-state index contributed by atoms with van der Waals surface area (Å²) >= 11 is 0. The van der Waals surface area contributed by atoms with E-state index >= 15 is 0 Å². The van der Waals surface area contributed by atoms with Crippen molar-refractivity contribution in [2.24, 2.45) is 0 Å². The van der Waals surface area contributed by atoms with Crippen molar-refractivity contribution < 1.29 is 9.47 Å². The van der Waals surface area contributed by atoms with Gasteiger partial charge in [0.1, 0.15) is 5.75 Å². The Labute approximate surface area is 115 Å². The van der Waals surface area contributed by atoms with E-state index in [0.29, 0.717) is 5.92 Å². The van der Waals surface area contributed by atoms with Crippen LogP contribution in [0.4, 0.5) is 0 Å². The van der Waals surface area contributed by atoms with E-state index < -0.39 is 0 Å². The van der Waals surface area contributed by atoms with E-state index in [1.807, 2.05) is 0 Å². The molecule has 1 aliphatic heterocycles. The van der Waals surface area contributed by atoms with Gasteiger partial charge >= 0.3 is 0 Å². The quantitative estimate of drug-likeness (QED) is 0.917. The van der Waals surface area contributed by atoms with Crippen LogP contribution in [0, 0.1) is 0 Å². The van der Waals surface area contributed by atoms with Crippen LogP contribution in [0.5, 0.6) is 5.75 Å². The van der Waals surface area contributed by atoms with Crippen molar-refractivity contribution >= 4 is 12.4 Å². The van der Waals surface area contributed by atoms with E-state index in [-0.39, 0.29) is 18.4 Å². The van der Waals surface area contributed by atoms with Crippen molar-refractivity contribution in [1.29, 1.82) is 0 Å². The van der Waals surface area contributed by atoms with Crippen LogP contribution in [0.15, 0.2) is 18.2 Å². The van der Waals surface area contributed by atoms with Crippen LogP contribution >= 0.6 is 12.4 Å². The van der Waals surface area contributed by atoms with Crippen LogP contribution < -0.4 is 10.1 Å². The van der Waals surface area contributed by atoms with Crippen molar-refractivity contribution in [2.45, 2.75) is 25.8 Å². The minimum absolute atomic E-state index is 0. The fourth-order valence-corrected chi connectivity index (χ4v) is 2.15. The highest BCUT2D eigenvalue weighted by atomic mass is 35.5. The maximum Gasteiger partial charge on any atom is 0.123 e. The van der Waals surface area contributed by atoms with Crippen LogP contribution in [0.25, 0.3) is 0 Å². The molecule has 1 N–H and O–H groups in total. The summed E-state index contributed by atoms with van der Waals surface area (Å²) in [5, 5.41) is 3.47. The average Bonchev–Trinajstić information content (AvgIpc) is 2.39. The monoisotopic (exact) mass is 271 g/mol. The largest absolute Gasteiger partial charge is 0.496 e. The number of methoxy groups -OCH3 is 1. The van der Waals surface area contributed by atoms with Gasteiger partial charge in [0.15, 0.2) is 0 Å². The molecule has 0 radical (unpaired) electrons. The molecule has 0 saturated carbocycles. The van der Waals surface area contributed by atoms with Gasteiger partial charge in [-0.3, -0.25) is 0 Å². The molecular weight excluding hydrogens is 250 g/mol. The van der Waals surface area contributed by atoms with E-state index in [2.05, 4.69) is 37.4 Å². The maximum atomic E-state index is 5.52. The third-order valence-electron chi connectivity index (χ3n) is 3.22. The molecule has 102 valence electrons. The van der Waals surface area contributed by atoms with Crippen LogP contribution in [-0.4, -0.2) is 26.9 Å². The van der Waals surface area contributed by atoms with Crippen molar-refractivity contribution in [1.82, 2.24) is 5.32 Å². The molecule has 1 saturated heterocycles. The molecule has 1 atom stereocenters. The Balaban J connectivity index is 0.00000162. The Bertz CT molecular complexity index is 376. The van der Waals surface area contributed by atoms with Gasteiger partial charge in [-0.2, -0.15) is 0 Å². The summed E-state index contributed by atoms with van der Waals surface area (Å²) in [6.07, 6.45) is 0. The minimum Gasteiger partial charge on any atom is -0.496 e. The summed E-state index contributed by atoms with van der Waals surface area (Å²) in [5.74, 6) is 1.47. The Morgan fingerprint density at radius 3 is 2.72 bits per heavy atom. The Morgan fingerprint density at radius 1 is 1.39 bits per heavy atom. The maximum absolute atomic E-state index is 5.52. The minimum atomic E-state index is 0. The SMILES string of the molecule is COc1ccc(C(C)C)cc1[C@@H]1COCCN1.Cl. The van der Waals surface area contributed by atoms with Crippen LogP contribution in [0.3, 0.4) is 0 Å². The third kappa shape index (κ3) is 3.37. The van der Waals surface area contributed by atoms with E-state index in [0.717, 1.165) is 25.5 Å². The number of morpholine rings is 1. The third-order valence-corrected chi connectivity index (χ3v) is 3.22. The predicted molar refractivity (Wildman–Crippen MR) is 75.9 cm³/mol. The number of hydrogen-bond acceptors (Lipinski definition) is 3. The molecule has 18 heavy (non-hydrogen) atoms. The Morgan fingerprint density at radius 2 is 2.17 bits per heavy atom. The number of ether oxygens (including phenoxy) is 2. The van der Waals surface area contributed by atoms with Gasteiger partial charge in [0.25, 0.3) is 0 Å². The first-order valence-corrected chi connectivity index (χ1v) is 6.21. The molecule has 1 aromatic carbocycles. The number of benzene rings is 1. The normalized spacial score (nSPS) is 19.4. The van der Waals surface area contributed by atoms with Crippen molar-refractivity contribution in [2.75, 3.05) is 26.9 Å². The second-order valence-corrected chi connectivity index (χ2v) is 4.74. The van der Waals surface area contributed by atoms with Gasteiger partial charge < -0.3 is 14.8 Å². The Kier molecular flexibility index (Phi) is 5.93. The topological polar surface area (TPSA) is 30.5 Å². The summed E-state index contributed by atoms with van der Waals surface area (Å²) in [6, 6.07) is 6.67. The number of rotatable bonds is 3. The molecule has 0 bridgehead atoms. The van der Waals surface area contributed by atoms with Gasteiger partial charge in [0, 0.05) is 12.1 Å². The molecule has 0 amide bonds. The number of hydrogen-bond donors (Lipinski definition) is 1. The summed E-state index contributed by atoms with van der Waals surface area (Å²) < 4.78 is 11.0. The zero-order valence-electron chi connectivity index (χ0n) is 11.2. The van der Waals surface area contributed by atoms with Crippen molar-refractivity contribution in [3.63, 3.8) is 0 Å². The second-order valence-electron chi connectivity index (χ2n) is 4.74. The smallest absolute Gasteiger partial charge is 0.123 e. The highest BCUT2D eigenvalue weighted by molar-refractivity contribution is 5.85. The van der Waals surface area contributed by atoms with Gasteiger partial charge in [-0.25, -0.2) is 0 Å². The molecule has 1 fully saturated rings. The van der Waals surface area contributed by atoms with Crippen LogP contribution in [0.1, 0.15) is 36.9 Å². The van der Waals surface area contributed by atoms with Crippen molar-refractivity contribution in [3.8, 4) is 5.75 Å². The lowest BCUT2D eigenvalue weighted by Gasteiger charge is -2.26. The second kappa shape index (κ2) is 6.98. The van der Waals surface area contributed by atoms with E-state index in [9.17, 15) is 0 Å². The zero-order chi connectivity index (χ0) is 12.3. The lowest BCUT2D eigenvalue weighted by molar-refractivity contribution is 0.0760. The first-order valence-electron chi connectivity index (χ1n) is 6.21. The molecule has 0 aromatic heterocycles. The molecule has 1 heterocycles. The first-order chi connectivity index (χ1) is 8.22. The molecule has 0 spiro atoms. The number of halogens is 1.